The Balaban J connectivity index is 1.64. The van der Waals surface area contributed by atoms with Gasteiger partial charge >= 0.3 is 0 Å². The minimum Gasteiger partial charge on any atom is -0.392 e. The van der Waals surface area contributed by atoms with Crippen molar-refractivity contribution in [1.82, 2.24) is 14.9 Å². The first-order valence-corrected chi connectivity index (χ1v) is 7.99. The minimum atomic E-state index is -0.178. The van der Waals surface area contributed by atoms with Crippen LogP contribution in [0.2, 0.25) is 0 Å². The standard InChI is InChI=1S/C17H25N3O/c1-12-7-8-15-17(13(12)2)19-11-20(15)10-4-5-14-16(21)6-3-9-18-14/h7-8,11,14,16,18,21H,3-6,9-10H2,1-2H3. The first kappa shape index (κ1) is 14.5. The van der Waals surface area contributed by atoms with Crippen molar-refractivity contribution in [3.8, 4) is 0 Å². The number of aromatic nitrogens is 2. The smallest absolute Gasteiger partial charge is 0.0958 e. The van der Waals surface area contributed by atoms with Crippen LogP contribution in [0.15, 0.2) is 18.5 Å². The predicted octanol–water partition coefficient (Wildman–Crippen LogP) is 2.55. The average Bonchev–Trinajstić information content (AvgIpc) is 2.89. The van der Waals surface area contributed by atoms with E-state index in [4.69, 9.17) is 0 Å². The summed E-state index contributed by atoms with van der Waals surface area (Å²) in [6, 6.07) is 4.60. The highest BCUT2D eigenvalue weighted by Gasteiger charge is 2.21. The van der Waals surface area contributed by atoms with E-state index in [0.717, 1.165) is 44.3 Å². The van der Waals surface area contributed by atoms with Crippen LogP contribution >= 0.6 is 0 Å². The number of piperidine rings is 1. The fourth-order valence-electron chi connectivity index (χ4n) is 3.26. The summed E-state index contributed by atoms with van der Waals surface area (Å²) in [4.78, 5) is 4.56. The van der Waals surface area contributed by atoms with Gasteiger partial charge in [0.05, 0.1) is 23.5 Å². The Morgan fingerprint density at radius 3 is 3.05 bits per heavy atom. The number of imidazole rings is 1. The van der Waals surface area contributed by atoms with Crippen molar-refractivity contribution < 1.29 is 5.11 Å². The van der Waals surface area contributed by atoms with E-state index in [2.05, 4.69) is 40.8 Å². The molecule has 0 radical (unpaired) electrons. The van der Waals surface area contributed by atoms with E-state index in [1.807, 2.05) is 6.33 Å². The van der Waals surface area contributed by atoms with Crippen molar-refractivity contribution in [2.75, 3.05) is 6.54 Å². The monoisotopic (exact) mass is 287 g/mol. The maximum Gasteiger partial charge on any atom is 0.0958 e. The first-order chi connectivity index (χ1) is 10.2. The molecule has 4 nitrogen and oxygen atoms in total. The topological polar surface area (TPSA) is 50.1 Å². The molecule has 0 aliphatic carbocycles. The molecular weight excluding hydrogens is 262 g/mol. The molecule has 2 heterocycles. The van der Waals surface area contributed by atoms with Crippen molar-refractivity contribution in [2.24, 2.45) is 0 Å². The highest BCUT2D eigenvalue weighted by atomic mass is 16.3. The normalized spacial score (nSPS) is 22.8. The number of hydrogen-bond acceptors (Lipinski definition) is 3. The predicted molar refractivity (Wildman–Crippen MR) is 85.5 cm³/mol. The van der Waals surface area contributed by atoms with Crippen LogP contribution in [0.5, 0.6) is 0 Å². The van der Waals surface area contributed by atoms with Crippen molar-refractivity contribution in [3.05, 3.63) is 29.6 Å². The second kappa shape index (κ2) is 6.16. The third-order valence-corrected chi connectivity index (χ3v) is 4.78. The Morgan fingerprint density at radius 1 is 1.38 bits per heavy atom. The highest BCUT2D eigenvalue weighted by molar-refractivity contribution is 5.80. The number of rotatable bonds is 4. The molecule has 21 heavy (non-hydrogen) atoms. The van der Waals surface area contributed by atoms with Gasteiger partial charge in [-0.05, 0) is 63.3 Å². The molecule has 1 aromatic carbocycles. The summed E-state index contributed by atoms with van der Waals surface area (Å²) in [5.41, 5.74) is 4.90. The van der Waals surface area contributed by atoms with Crippen molar-refractivity contribution >= 4 is 11.0 Å². The van der Waals surface area contributed by atoms with Crippen LogP contribution in [-0.4, -0.2) is 33.3 Å². The zero-order valence-corrected chi connectivity index (χ0v) is 13.0. The molecule has 4 heteroatoms. The van der Waals surface area contributed by atoms with E-state index in [1.54, 1.807) is 0 Å². The molecule has 2 N–H and O–H groups in total. The molecule has 114 valence electrons. The third-order valence-electron chi connectivity index (χ3n) is 4.78. The minimum absolute atomic E-state index is 0.178. The Hall–Kier alpha value is -1.39. The lowest BCUT2D eigenvalue weighted by Crippen LogP contribution is -2.44. The molecule has 2 unspecified atom stereocenters. The van der Waals surface area contributed by atoms with Crippen LogP contribution in [0.25, 0.3) is 11.0 Å². The molecule has 1 saturated heterocycles. The van der Waals surface area contributed by atoms with Gasteiger partial charge < -0.3 is 15.0 Å². The number of fused-ring (bicyclic) bond motifs is 1. The Labute approximate surface area is 126 Å². The van der Waals surface area contributed by atoms with Gasteiger partial charge in [0.1, 0.15) is 0 Å². The van der Waals surface area contributed by atoms with Gasteiger partial charge in [0.25, 0.3) is 0 Å². The Kier molecular flexibility index (Phi) is 4.27. The molecule has 1 aliphatic heterocycles. The Morgan fingerprint density at radius 2 is 2.24 bits per heavy atom. The van der Waals surface area contributed by atoms with Gasteiger partial charge in [-0.25, -0.2) is 4.98 Å². The van der Waals surface area contributed by atoms with Crippen LogP contribution in [-0.2, 0) is 6.54 Å². The maximum atomic E-state index is 9.98. The van der Waals surface area contributed by atoms with Crippen LogP contribution in [0.1, 0.15) is 36.8 Å². The number of hydrogen-bond donors (Lipinski definition) is 2. The quantitative estimate of drug-likeness (QED) is 0.908. The van der Waals surface area contributed by atoms with E-state index < -0.39 is 0 Å². The molecule has 2 atom stereocenters. The zero-order valence-electron chi connectivity index (χ0n) is 13.0. The third kappa shape index (κ3) is 2.97. The molecule has 0 saturated carbocycles. The van der Waals surface area contributed by atoms with Crippen LogP contribution in [0.3, 0.4) is 0 Å². The Bertz CT molecular complexity index is 620. The number of aliphatic hydroxyl groups excluding tert-OH is 1. The van der Waals surface area contributed by atoms with Crippen molar-refractivity contribution in [3.63, 3.8) is 0 Å². The number of benzene rings is 1. The molecule has 0 amide bonds. The van der Waals surface area contributed by atoms with E-state index in [9.17, 15) is 5.11 Å². The number of nitrogens with zero attached hydrogens (tertiary/aromatic N) is 2. The summed E-state index contributed by atoms with van der Waals surface area (Å²) in [5.74, 6) is 0. The molecule has 1 aromatic heterocycles. The first-order valence-electron chi connectivity index (χ1n) is 7.99. The van der Waals surface area contributed by atoms with Gasteiger partial charge in [-0.1, -0.05) is 6.07 Å². The summed E-state index contributed by atoms with van der Waals surface area (Å²) in [5, 5.41) is 13.4. The molecule has 1 fully saturated rings. The van der Waals surface area contributed by atoms with Gasteiger partial charge in [0.2, 0.25) is 0 Å². The SMILES string of the molecule is Cc1ccc2c(ncn2CCCC2NCCCC2O)c1C. The average molecular weight is 287 g/mol. The van der Waals surface area contributed by atoms with Gasteiger partial charge in [-0.2, -0.15) is 0 Å². The summed E-state index contributed by atoms with van der Waals surface area (Å²) in [6.07, 6.45) is 5.87. The molecule has 0 bridgehead atoms. The van der Waals surface area contributed by atoms with E-state index in [1.165, 1.54) is 16.6 Å². The molecule has 1 aliphatic rings. The lowest BCUT2D eigenvalue weighted by Gasteiger charge is -2.29. The fourth-order valence-corrected chi connectivity index (χ4v) is 3.26. The van der Waals surface area contributed by atoms with Gasteiger partial charge in [0.15, 0.2) is 0 Å². The van der Waals surface area contributed by atoms with E-state index in [-0.39, 0.29) is 12.1 Å². The molecule has 2 aromatic rings. The molecule has 3 rings (SSSR count). The van der Waals surface area contributed by atoms with Crippen molar-refractivity contribution in [2.45, 2.75) is 58.2 Å². The number of aliphatic hydroxyl groups is 1. The van der Waals surface area contributed by atoms with E-state index >= 15 is 0 Å². The number of nitrogens with one attached hydrogen (secondary N) is 1. The lowest BCUT2D eigenvalue weighted by atomic mass is 9.97. The van der Waals surface area contributed by atoms with Crippen LogP contribution < -0.4 is 5.32 Å². The van der Waals surface area contributed by atoms with Gasteiger partial charge in [-0.3, -0.25) is 0 Å². The maximum absolute atomic E-state index is 9.98. The largest absolute Gasteiger partial charge is 0.392 e. The zero-order chi connectivity index (χ0) is 14.8. The molecule has 0 spiro atoms. The molecular formula is C17H25N3O. The summed E-state index contributed by atoms with van der Waals surface area (Å²) in [6.45, 7) is 6.26. The van der Waals surface area contributed by atoms with E-state index in [0.29, 0.717) is 0 Å². The van der Waals surface area contributed by atoms with Crippen LogP contribution in [0.4, 0.5) is 0 Å². The second-order valence-corrected chi connectivity index (χ2v) is 6.23. The lowest BCUT2D eigenvalue weighted by molar-refractivity contribution is 0.0909. The second-order valence-electron chi connectivity index (χ2n) is 6.23. The van der Waals surface area contributed by atoms with Gasteiger partial charge in [0, 0.05) is 12.6 Å². The van der Waals surface area contributed by atoms with Crippen LogP contribution in [0, 0.1) is 13.8 Å². The summed E-state index contributed by atoms with van der Waals surface area (Å²) >= 11 is 0. The number of aryl methyl sites for hydroxylation is 3. The summed E-state index contributed by atoms with van der Waals surface area (Å²) in [7, 11) is 0. The van der Waals surface area contributed by atoms with Crippen molar-refractivity contribution in [1.29, 1.82) is 0 Å². The highest BCUT2D eigenvalue weighted by Crippen LogP contribution is 2.21. The fraction of sp³-hybridized carbons (Fsp3) is 0.588. The summed E-state index contributed by atoms with van der Waals surface area (Å²) < 4.78 is 2.23. The van der Waals surface area contributed by atoms with Gasteiger partial charge in [-0.15, -0.1) is 0 Å².